The van der Waals surface area contributed by atoms with E-state index in [0.717, 1.165) is 10.9 Å². The summed E-state index contributed by atoms with van der Waals surface area (Å²) in [5.74, 6) is 0.238. The van der Waals surface area contributed by atoms with Gasteiger partial charge in [0, 0.05) is 23.6 Å². The molecule has 0 spiro atoms. The van der Waals surface area contributed by atoms with Crippen molar-refractivity contribution in [3.63, 3.8) is 0 Å². The number of carbonyl (C=O) groups is 2. The number of H-pyrrole nitrogens is 2. The number of benzene rings is 1. The Morgan fingerprint density at radius 3 is 3.00 bits per heavy atom. The minimum Gasteiger partial charge on any atom is -0.340 e. The van der Waals surface area contributed by atoms with Crippen LogP contribution in [0.1, 0.15) is 16.8 Å². The van der Waals surface area contributed by atoms with Gasteiger partial charge in [-0.1, -0.05) is 6.07 Å². The van der Waals surface area contributed by atoms with E-state index in [9.17, 15) is 9.59 Å². The maximum Gasteiger partial charge on any atom is 0.252 e. The molecule has 3 N–H and O–H groups in total. The summed E-state index contributed by atoms with van der Waals surface area (Å²) in [5.41, 5.74) is 1.28. The van der Waals surface area contributed by atoms with Crippen LogP contribution < -0.4 is 10.2 Å². The zero-order valence-electron chi connectivity index (χ0n) is 12.1. The number of hydrogen-bond donors (Lipinski definition) is 3. The summed E-state index contributed by atoms with van der Waals surface area (Å²) in [4.78, 5) is 26.4. The zero-order chi connectivity index (χ0) is 15.8. The van der Waals surface area contributed by atoms with Gasteiger partial charge < -0.3 is 5.32 Å². The van der Waals surface area contributed by atoms with Crippen LogP contribution in [0.2, 0.25) is 0 Å². The molecule has 1 aromatic carbocycles. The number of anilines is 1. The highest BCUT2D eigenvalue weighted by atomic mass is 16.2. The van der Waals surface area contributed by atoms with E-state index < -0.39 is 6.04 Å². The Morgan fingerprint density at radius 1 is 1.26 bits per heavy atom. The first-order valence-corrected chi connectivity index (χ1v) is 7.27. The van der Waals surface area contributed by atoms with Gasteiger partial charge in [-0.25, -0.2) is 0 Å². The molecular weight excluding hydrogens is 296 g/mol. The molecule has 0 saturated carbocycles. The van der Waals surface area contributed by atoms with Crippen molar-refractivity contribution in [2.24, 2.45) is 0 Å². The van der Waals surface area contributed by atoms with Crippen molar-refractivity contribution in [1.82, 2.24) is 25.7 Å². The van der Waals surface area contributed by atoms with Crippen LogP contribution in [0.5, 0.6) is 0 Å². The lowest BCUT2D eigenvalue weighted by Crippen LogP contribution is -2.41. The van der Waals surface area contributed by atoms with Crippen LogP contribution in [0.25, 0.3) is 10.9 Å². The molecule has 2 amide bonds. The van der Waals surface area contributed by atoms with E-state index in [4.69, 9.17) is 0 Å². The summed E-state index contributed by atoms with van der Waals surface area (Å²) < 4.78 is 0. The van der Waals surface area contributed by atoms with Crippen LogP contribution in [0.15, 0.2) is 36.7 Å². The van der Waals surface area contributed by atoms with E-state index in [1.54, 1.807) is 35.5 Å². The van der Waals surface area contributed by atoms with E-state index in [-0.39, 0.29) is 11.8 Å². The van der Waals surface area contributed by atoms with Crippen molar-refractivity contribution in [3.8, 4) is 0 Å². The summed E-state index contributed by atoms with van der Waals surface area (Å²) >= 11 is 0. The van der Waals surface area contributed by atoms with Crippen LogP contribution >= 0.6 is 0 Å². The second-order valence-electron chi connectivity index (χ2n) is 5.42. The molecular formula is C15H14N6O2. The highest BCUT2D eigenvalue weighted by Gasteiger charge is 2.34. The number of rotatable bonds is 3. The van der Waals surface area contributed by atoms with Crippen LogP contribution in [-0.4, -0.2) is 44.8 Å². The van der Waals surface area contributed by atoms with Crippen molar-refractivity contribution >= 4 is 28.5 Å². The van der Waals surface area contributed by atoms with Crippen molar-refractivity contribution in [2.75, 3.05) is 11.4 Å². The number of carbonyl (C=O) groups excluding carboxylic acids is 2. The molecule has 1 atom stereocenters. The molecule has 1 fully saturated rings. The van der Waals surface area contributed by atoms with Gasteiger partial charge in [-0.05, 0) is 18.6 Å². The second kappa shape index (κ2) is 5.24. The van der Waals surface area contributed by atoms with Crippen molar-refractivity contribution < 1.29 is 9.59 Å². The van der Waals surface area contributed by atoms with E-state index in [1.165, 1.54) is 0 Å². The monoisotopic (exact) mass is 310 g/mol. The number of amides is 2. The normalized spacial score (nSPS) is 17.8. The van der Waals surface area contributed by atoms with Crippen LogP contribution in [-0.2, 0) is 4.79 Å². The minimum absolute atomic E-state index is 0.134. The topological polar surface area (TPSA) is 107 Å². The number of fused-ring (bicyclic) bond motifs is 1. The van der Waals surface area contributed by atoms with Crippen LogP contribution in [0.4, 0.5) is 5.82 Å². The summed E-state index contributed by atoms with van der Waals surface area (Å²) in [6.07, 6.45) is 3.85. The Morgan fingerprint density at radius 2 is 2.17 bits per heavy atom. The number of nitrogens with one attached hydrogen (secondary N) is 3. The van der Waals surface area contributed by atoms with Gasteiger partial charge in [0.2, 0.25) is 0 Å². The molecule has 1 aliphatic rings. The Balaban J connectivity index is 1.49. The molecule has 1 aliphatic heterocycles. The molecule has 3 heterocycles. The first-order valence-electron chi connectivity index (χ1n) is 7.27. The number of aromatic nitrogens is 4. The van der Waals surface area contributed by atoms with Crippen molar-refractivity contribution in [3.05, 3.63) is 42.2 Å². The SMILES string of the molecule is O=C(NC1CCN(c2ccn[nH]2)C1=O)c1ccc2cn[nH]c2c1. The molecule has 4 rings (SSSR count). The van der Waals surface area contributed by atoms with Crippen LogP contribution in [0, 0.1) is 0 Å². The Labute approximate surface area is 130 Å². The van der Waals surface area contributed by atoms with E-state index in [0.29, 0.717) is 24.3 Å². The minimum atomic E-state index is -0.525. The molecule has 1 saturated heterocycles. The quantitative estimate of drug-likeness (QED) is 0.665. The largest absolute Gasteiger partial charge is 0.340 e. The molecule has 0 aliphatic carbocycles. The Bertz CT molecular complexity index is 869. The first kappa shape index (κ1) is 13.5. The number of nitrogens with zero attached hydrogens (tertiary/aromatic N) is 3. The lowest BCUT2D eigenvalue weighted by molar-refractivity contribution is -0.118. The third kappa shape index (κ3) is 2.33. The van der Waals surface area contributed by atoms with Gasteiger partial charge in [-0.15, -0.1) is 0 Å². The second-order valence-corrected chi connectivity index (χ2v) is 5.42. The van der Waals surface area contributed by atoms with Crippen LogP contribution in [0.3, 0.4) is 0 Å². The molecule has 0 radical (unpaired) electrons. The smallest absolute Gasteiger partial charge is 0.252 e. The maximum absolute atomic E-state index is 12.4. The predicted octanol–water partition coefficient (Wildman–Crippen LogP) is 0.821. The molecule has 23 heavy (non-hydrogen) atoms. The molecule has 116 valence electrons. The third-order valence-electron chi connectivity index (χ3n) is 3.99. The highest BCUT2D eigenvalue weighted by Crippen LogP contribution is 2.19. The summed E-state index contributed by atoms with van der Waals surface area (Å²) in [6, 6.07) is 6.47. The fraction of sp³-hybridized carbons (Fsp3) is 0.200. The third-order valence-corrected chi connectivity index (χ3v) is 3.99. The maximum atomic E-state index is 12.4. The average Bonchev–Trinajstić information content (AvgIpc) is 3.28. The first-order chi connectivity index (χ1) is 11.2. The lowest BCUT2D eigenvalue weighted by atomic mass is 10.1. The Hall–Kier alpha value is -3.16. The van der Waals surface area contributed by atoms with Crippen molar-refractivity contribution in [1.29, 1.82) is 0 Å². The fourth-order valence-corrected chi connectivity index (χ4v) is 2.77. The van der Waals surface area contributed by atoms with Gasteiger partial charge in [0.05, 0.1) is 17.9 Å². The molecule has 3 aromatic rings. The molecule has 8 nitrogen and oxygen atoms in total. The molecule has 0 bridgehead atoms. The lowest BCUT2D eigenvalue weighted by Gasteiger charge is -2.15. The zero-order valence-corrected chi connectivity index (χ0v) is 12.1. The summed E-state index contributed by atoms with van der Waals surface area (Å²) in [7, 11) is 0. The van der Waals surface area contributed by atoms with E-state index >= 15 is 0 Å². The summed E-state index contributed by atoms with van der Waals surface area (Å²) in [5, 5.41) is 17.1. The standard InChI is InChI=1S/C15H14N6O2/c22-14(9-1-2-10-8-17-19-12(10)7-9)18-11-4-6-21(15(11)23)13-3-5-16-20-13/h1-3,5,7-8,11H,4,6H2,(H,16,20)(H,17,19)(H,18,22). The summed E-state index contributed by atoms with van der Waals surface area (Å²) in [6.45, 7) is 0.547. The van der Waals surface area contributed by atoms with Gasteiger partial charge in [0.1, 0.15) is 11.9 Å². The molecule has 8 heteroatoms. The number of aromatic amines is 2. The van der Waals surface area contributed by atoms with E-state index in [1.807, 2.05) is 6.07 Å². The van der Waals surface area contributed by atoms with Gasteiger partial charge in [-0.2, -0.15) is 10.2 Å². The highest BCUT2D eigenvalue weighted by molar-refractivity contribution is 6.04. The van der Waals surface area contributed by atoms with Gasteiger partial charge in [0.25, 0.3) is 11.8 Å². The van der Waals surface area contributed by atoms with Gasteiger partial charge in [-0.3, -0.25) is 24.7 Å². The fourth-order valence-electron chi connectivity index (χ4n) is 2.77. The van der Waals surface area contributed by atoms with E-state index in [2.05, 4.69) is 25.7 Å². The predicted molar refractivity (Wildman–Crippen MR) is 82.9 cm³/mol. The van der Waals surface area contributed by atoms with Gasteiger partial charge >= 0.3 is 0 Å². The van der Waals surface area contributed by atoms with Gasteiger partial charge in [0.15, 0.2) is 0 Å². The van der Waals surface area contributed by atoms with Crippen molar-refractivity contribution in [2.45, 2.75) is 12.5 Å². The molecule has 1 unspecified atom stereocenters. The Kier molecular flexibility index (Phi) is 3.07. The number of hydrogen-bond acceptors (Lipinski definition) is 4. The average molecular weight is 310 g/mol. The molecule has 2 aromatic heterocycles.